The van der Waals surface area contributed by atoms with Crippen molar-refractivity contribution in [2.24, 2.45) is 5.73 Å². The molecule has 1 amide bonds. The van der Waals surface area contributed by atoms with Crippen LogP contribution in [0.5, 0.6) is 0 Å². The molecule has 0 bridgehead atoms. The fourth-order valence-electron chi connectivity index (χ4n) is 1.29. The van der Waals surface area contributed by atoms with Gasteiger partial charge in [0.15, 0.2) is 5.69 Å². The largest absolute Gasteiger partial charge is 0.384 e. The van der Waals surface area contributed by atoms with Crippen LogP contribution < -0.4 is 11.5 Å². The molecule has 0 saturated heterocycles. The van der Waals surface area contributed by atoms with Gasteiger partial charge in [0.25, 0.3) is 5.91 Å². The molecule has 0 aliphatic rings. The van der Waals surface area contributed by atoms with E-state index < -0.39 is 5.91 Å². The van der Waals surface area contributed by atoms with Crippen molar-refractivity contribution in [1.29, 1.82) is 0 Å². The van der Waals surface area contributed by atoms with E-state index >= 15 is 0 Å². The maximum atomic E-state index is 10.9. The van der Waals surface area contributed by atoms with Gasteiger partial charge in [-0.1, -0.05) is 18.2 Å². The van der Waals surface area contributed by atoms with E-state index in [1.165, 1.54) is 10.7 Å². The first-order chi connectivity index (χ1) is 7.18. The van der Waals surface area contributed by atoms with Crippen LogP contribution in [0, 0.1) is 0 Å². The summed E-state index contributed by atoms with van der Waals surface area (Å²) >= 11 is 0. The van der Waals surface area contributed by atoms with Gasteiger partial charge >= 0.3 is 0 Å². The van der Waals surface area contributed by atoms with Gasteiger partial charge in [-0.15, -0.1) is 0 Å². The molecule has 4 N–H and O–H groups in total. The average molecular weight is 202 g/mol. The zero-order valence-electron chi connectivity index (χ0n) is 7.92. The van der Waals surface area contributed by atoms with Gasteiger partial charge in [-0.3, -0.25) is 4.79 Å². The molecule has 0 aliphatic heterocycles. The lowest BCUT2D eigenvalue weighted by atomic mass is 10.3. The molecule has 0 radical (unpaired) electrons. The Bertz CT molecular complexity index is 489. The number of hydrogen-bond donors (Lipinski definition) is 2. The fourth-order valence-corrected chi connectivity index (χ4v) is 1.29. The summed E-state index contributed by atoms with van der Waals surface area (Å²) in [6.45, 7) is 0. The number of anilines is 1. The van der Waals surface area contributed by atoms with Gasteiger partial charge in [-0.25, -0.2) is 4.68 Å². The Labute approximate surface area is 86.3 Å². The van der Waals surface area contributed by atoms with E-state index in [-0.39, 0.29) is 5.69 Å². The van der Waals surface area contributed by atoms with E-state index in [1.807, 2.05) is 30.3 Å². The highest BCUT2D eigenvalue weighted by Gasteiger charge is 2.09. The van der Waals surface area contributed by atoms with Gasteiger partial charge in [0.05, 0.1) is 5.69 Å². The van der Waals surface area contributed by atoms with Gasteiger partial charge in [0.1, 0.15) is 5.82 Å². The summed E-state index contributed by atoms with van der Waals surface area (Å²) in [5.74, 6) is -0.202. The monoisotopic (exact) mass is 202 g/mol. The normalized spacial score (nSPS) is 10.1. The highest BCUT2D eigenvalue weighted by atomic mass is 16.1. The first kappa shape index (κ1) is 9.26. The Kier molecular flexibility index (Phi) is 2.13. The van der Waals surface area contributed by atoms with Crippen molar-refractivity contribution >= 4 is 11.7 Å². The average Bonchev–Trinajstić information content (AvgIpc) is 2.62. The smallest absolute Gasteiger partial charge is 0.269 e. The van der Waals surface area contributed by atoms with Crippen LogP contribution in [0.25, 0.3) is 5.69 Å². The summed E-state index contributed by atoms with van der Waals surface area (Å²) in [7, 11) is 0. The highest BCUT2D eigenvalue weighted by molar-refractivity contribution is 5.91. The van der Waals surface area contributed by atoms with Gasteiger partial charge in [-0.2, -0.15) is 5.10 Å². The van der Waals surface area contributed by atoms with Crippen molar-refractivity contribution in [2.75, 3.05) is 5.73 Å². The summed E-state index contributed by atoms with van der Waals surface area (Å²) in [5.41, 5.74) is 11.8. The predicted molar refractivity (Wildman–Crippen MR) is 56.5 cm³/mol. The third-order valence-electron chi connectivity index (χ3n) is 1.99. The van der Waals surface area contributed by atoms with Gasteiger partial charge in [-0.05, 0) is 12.1 Å². The molecule has 0 saturated carbocycles. The molecule has 5 nitrogen and oxygen atoms in total. The van der Waals surface area contributed by atoms with E-state index in [0.717, 1.165) is 5.69 Å². The molecule has 2 aromatic rings. The van der Waals surface area contributed by atoms with Crippen molar-refractivity contribution in [1.82, 2.24) is 9.78 Å². The van der Waals surface area contributed by atoms with E-state index in [2.05, 4.69) is 5.10 Å². The van der Waals surface area contributed by atoms with Crippen molar-refractivity contribution in [2.45, 2.75) is 0 Å². The first-order valence-electron chi connectivity index (χ1n) is 4.39. The molecule has 5 heteroatoms. The number of carbonyl (C=O) groups is 1. The number of nitrogen functional groups attached to an aromatic ring is 1. The lowest BCUT2D eigenvalue weighted by Gasteiger charge is -2.01. The number of nitrogens with two attached hydrogens (primary N) is 2. The summed E-state index contributed by atoms with van der Waals surface area (Å²) in [4.78, 5) is 10.9. The number of para-hydroxylation sites is 1. The first-order valence-corrected chi connectivity index (χ1v) is 4.39. The van der Waals surface area contributed by atoms with E-state index in [4.69, 9.17) is 11.5 Å². The SMILES string of the molecule is NC(=O)c1cc(N)n(-c2ccccc2)n1. The van der Waals surface area contributed by atoms with E-state index in [9.17, 15) is 4.79 Å². The number of carbonyl (C=O) groups excluding carboxylic acids is 1. The summed E-state index contributed by atoms with van der Waals surface area (Å²) in [6.07, 6.45) is 0. The van der Waals surface area contributed by atoms with Crippen molar-refractivity contribution in [3.8, 4) is 5.69 Å². The second-order valence-corrected chi connectivity index (χ2v) is 3.07. The minimum absolute atomic E-state index is 0.163. The molecular weight excluding hydrogens is 192 g/mol. The number of rotatable bonds is 2. The van der Waals surface area contributed by atoms with Crippen LogP contribution in [0.3, 0.4) is 0 Å². The second-order valence-electron chi connectivity index (χ2n) is 3.07. The molecule has 0 atom stereocenters. The Morgan fingerprint density at radius 3 is 2.47 bits per heavy atom. The summed E-state index contributed by atoms with van der Waals surface area (Å²) in [5, 5.41) is 4.00. The summed E-state index contributed by atoms with van der Waals surface area (Å²) < 4.78 is 1.47. The van der Waals surface area contributed by atoms with Crippen LogP contribution in [0.15, 0.2) is 36.4 Å². The standard InChI is InChI=1S/C10H10N4O/c11-9-6-8(10(12)15)13-14(9)7-4-2-1-3-5-7/h1-6H,11H2,(H2,12,15). The number of aromatic nitrogens is 2. The maximum Gasteiger partial charge on any atom is 0.269 e. The quantitative estimate of drug-likeness (QED) is 0.745. The summed E-state index contributed by atoms with van der Waals surface area (Å²) in [6, 6.07) is 10.7. The zero-order chi connectivity index (χ0) is 10.8. The Hall–Kier alpha value is -2.30. The van der Waals surface area contributed by atoms with Gasteiger partial charge < -0.3 is 11.5 Å². The fraction of sp³-hybridized carbons (Fsp3) is 0. The molecule has 0 fully saturated rings. The molecular formula is C10H10N4O. The topological polar surface area (TPSA) is 86.9 Å². The second kappa shape index (κ2) is 3.45. The van der Waals surface area contributed by atoms with Gasteiger partial charge in [0.2, 0.25) is 0 Å². The molecule has 2 rings (SSSR count). The van der Waals surface area contributed by atoms with Crippen LogP contribution in [-0.4, -0.2) is 15.7 Å². The zero-order valence-corrected chi connectivity index (χ0v) is 7.92. The van der Waals surface area contributed by atoms with E-state index in [0.29, 0.717) is 5.82 Å². The minimum Gasteiger partial charge on any atom is -0.384 e. The molecule has 1 aromatic heterocycles. The number of benzene rings is 1. The number of hydrogen-bond acceptors (Lipinski definition) is 3. The number of amides is 1. The van der Waals surface area contributed by atoms with Crippen LogP contribution in [-0.2, 0) is 0 Å². The number of primary amides is 1. The van der Waals surface area contributed by atoms with Crippen LogP contribution in [0.4, 0.5) is 5.82 Å². The third-order valence-corrected chi connectivity index (χ3v) is 1.99. The Morgan fingerprint density at radius 1 is 1.27 bits per heavy atom. The number of nitrogens with zero attached hydrogens (tertiary/aromatic N) is 2. The lowest BCUT2D eigenvalue weighted by Crippen LogP contribution is -2.12. The highest BCUT2D eigenvalue weighted by Crippen LogP contribution is 2.13. The van der Waals surface area contributed by atoms with Crippen molar-refractivity contribution in [3.63, 3.8) is 0 Å². The van der Waals surface area contributed by atoms with Crippen LogP contribution in [0.1, 0.15) is 10.5 Å². The van der Waals surface area contributed by atoms with Crippen molar-refractivity contribution < 1.29 is 4.79 Å². The molecule has 0 aliphatic carbocycles. The molecule has 1 aromatic carbocycles. The van der Waals surface area contributed by atoms with Gasteiger partial charge in [0, 0.05) is 6.07 Å². The van der Waals surface area contributed by atoms with Crippen LogP contribution in [0.2, 0.25) is 0 Å². The minimum atomic E-state index is -0.587. The third kappa shape index (κ3) is 1.67. The molecule has 0 spiro atoms. The maximum absolute atomic E-state index is 10.9. The van der Waals surface area contributed by atoms with Crippen LogP contribution >= 0.6 is 0 Å². The van der Waals surface area contributed by atoms with E-state index in [1.54, 1.807) is 0 Å². The Morgan fingerprint density at radius 2 is 1.93 bits per heavy atom. The molecule has 0 unspecified atom stereocenters. The predicted octanol–water partition coefficient (Wildman–Crippen LogP) is 0.553. The molecule has 76 valence electrons. The van der Waals surface area contributed by atoms with Crippen molar-refractivity contribution in [3.05, 3.63) is 42.1 Å². The molecule has 1 heterocycles. The lowest BCUT2D eigenvalue weighted by molar-refractivity contribution is 0.0995. The molecule has 15 heavy (non-hydrogen) atoms. The Balaban J connectivity index is 2.50.